The monoisotopic (exact) mass is 494 g/mol. The van der Waals surface area contributed by atoms with Gasteiger partial charge >= 0.3 is 0 Å². The van der Waals surface area contributed by atoms with Gasteiger partial charge in [-0.1, -0.05) is 42.1 Å². The van der Waals surface area contributed by atoms with E-state index in [1.165, 1.54) is 23.9 Å². The first-order valence-electron chi connectivity index (χ1n) is 11.5. The maximum atomic E-state index is 13.2. The average molecular weight is 495 g/mol. The van der Waals surface area contributed by atoms with E-state index in [1.807, 2.05) is 79.7 Å². The van der Waals surface area contributed by atoms with Crippen molar-refractivity contribution >= 4 is 40.7 Å². The summed E-state index contributed by atoms with van der Waals surface area (Å²) in [5, 5.41) is 11.6. The third-order valence-electron chi connectivity index (χ3n) is 5.74. The first-order valence-corrected chi connectivity index (χ1v) is 12.3. The lowest BCUT2D eigenvalue weighted by atomic mass is 10.1. The van der Waals surface area contributed by atoms with E-state index >= 15 is 0 Å². The van der Waals surface area contributed by atoms with E-state index < -0.39 is 0 Å². The van der Waals surface area contributed by atoms with Crippen LogP contribution in [0.3, 0.4) is 0 Å². The molecule has 0 aliphatic rings. The second-order valence-electron chi connectivity index (χ2n) is 8.25. The van der Waals surface area contributed by atoms with Gasteiger partial charge in [0.15, 0.2) is 0 Å². The Balaban J connectivity index is 1.33. The summed E-state index contributed by atoms with van der Waals surface area (Å²) in [6, 6.07) is 25.2. The zero-order valence-corrected chi connectivity index (χ0v) is 20.3. The third kappa shape index (κ3) is 5.37. The van der Waals surface area contributed by atoms with Crippen molar-refractivity contribution in [2.45, 2.75) is 22.8 Å². The van der Waals surface area contributed by atoms with Crippen LogP contribution in [0, 0.1) is 5.82 Å². The maximum absolute atomic E-state index is 13.2. The van der Waals surface area contributed by atoms with E-state index in [9.17, 15) is 9.18 Å². The largest absolute Gasteiger partial charge is 0.345 e. The van der Waals surface area contributed by atoms with Crippen molar-refractivity contribution in [1.29, 1.82) is 0 Å². The van der Waals surface area contributed by atoms with Gasteiger partial charge in [0.2, 0.25) is 0 Å². The van der Waals surface area contributed by atoms with Gasteiger partial charge in [-0.25, -0.2) is 4.39 Å². The summed E-state index contributed by atoms with van der Waals surface area (Å²) in [6.45, 7) is 1.88. The Kier molecular flexibility index (Phi) is 6.91. The van der Waals surface area contributed by atoms with Gasteiger partial charge in [0.05, 0.1) is 28.5 Å². The highest BCUT2D eigenvalue weighted by atomic mass is 32.2. The molecule has 0 radical (unpaired) electrons. The molecule has 7 heteroatoms. The lowest BCUT2D eigenvalue weighted by Crippen LogP contribution is -2.27. The molecule has 5 nitrogen and oxygen atoms in total. The van der Waals surface area contributed by atoms with E-state index in [4.69, 9.17) is 0 Å². The highest BCUT2D eigenvalue weighted by Crippen LogP contribution is 2.33. The van der Waals surface area contributed by atoms with Gasteiger partial charge in [0.1, 0.15) is 5.82 Å². The van der Waals surface area contributed by atoms with Crippen molar-refractivity contribution in [1.82, 2.24) is 20.5 Å². The lowest BCUT2D eigenvalue weighted by Gasteiger charge is -2.16. The number of aromatic amines is 1. The van der Waals surface area contributed by atoms with Crippen LogP contribution in [0.15, 0.2) is 101 Å². The Labute approximate surface area is 212 Å². The van der Waals surface area contributed by atoms with Crippen LogP contribution >= 0.6 is 11.8 Å². The molecule has 1 atom stereocenters. The molecule has 0 spiro atoms. The minimum absolute atomic E-state index is 0.181. The summed E-state index contributed by atoms with van der Waals surface area (Å²) in [4.78, 5) is 19.2. The molecule has 0 aliphatic carbocycles. The average Bonchev–Trinajstić information content (AvgIpc) is 3.31. The summed E-state index contributed by atoms with van der Waals surface area (Å²) in [5.74, 6) is -0.482. The van der Waals surface area contributed by atoms with Crippen LogP contribution < -0.4 is 5.32 Å². The van der Waals surface area contributed by atoms with Crippen molar-refractivity contribution in [2.24, 2.45) is 0 Å². The van der Waals surface area contributed by atoms with Crippen LogP contribution in [0.4, 0.5) is 4.39 Å². The van der Waals surface area contributed by atoms with Crippen molar-refractivity contribution in [2.75, 3.05) is 0 Å². The molecule has 5 rings (SSSR count). The zero-order valence-electron chi connectivity index (χ0n) is 19.5. The van der Waals surface area contributed by atoms with Crippen LogP contribution in [-0.2, 0) is 0 Å². The first-order chi connectivity index (χ1) is 17.6. The molecule has 0 bridgehead atoms. The SMILES string of the molecule is CC(NC(=O)c1ccccc1Sc1ccc2c(/C=C/c3ccccn3)n[nH]c2c1)c1ccc(F)cc1. The van der Waals surface area contributed by atoms with Crippen molar-refractivity contribution in [3.05, 3.63) is 119 Å². The van der Waals surface area contributed by atoms with E-state index in [0.717, 1.165) is 37.6 Å². The highest BCUT2D eigenvalue weighted by Gasteiger charge is 2.16. The summed E-state index contributed by atoms with van der Waals surface area (Å²) in [6.07, 6.45) is 5.63. The number of aromatic nitrogens is 3. The number of fused-ring (bicyclic) bond motifs is 1. The molecule has 3 aromatic carbocycles. The third-order valence-corrected chi connectivity index (χ3v) is 6.81. The predicted octanol–water partition coefficient (Wildman–Crippen LogP) is 6.91. The van der Waals surface area contributed by atoms with Gasteiger partial charge in [0, 0.05) is 21.4 Å². The van der Waals surface area contributed by atoms with Crippen LogP contribution in [0.2, 0.25) is 0 Å². The van der Waals surface area contributed by atoms with Crippen molar-refractivity contribution in [3.63, 3.8) is 0 Å². The Bertz CT molecular complexity index is 1530. The van der Waals surface area contributed by atoms with E-state index in [1.54, 1.807) is 18.3 Å². The number of amides is 1. The van der Waals surface area contributed by atoms with Gasteiger partial charge in [-0.2, -0.15) is 5.10 Å². The van der Waals surface area contributed by atoms with Crippen LogP contribution in [0.1, 0.15) is 40.3 Å². The van der Waals surface area contributed by atoms with Gasteiger partial charge in [-0.15, -0.1) is 0 Å². The van der Waals surface area contributed by atoms with Crippen LogP contribution in [-0.4, -0.2) is 21.1 Å². The molecule has 0 aliphatic heterocycles. The van der Waals surface area contributed by atoms with Crippen LogP contribution in [0.5, 0.6) is 0 Å². The minimum Gasteiger partial charge on any atom is -0.345 e. The molecular weight excluding hydrogens is 471 g/mol. The fourth-order valence-corrected chi connectivity index (χ4v) is 4.81. The number of hydrogen-bond acceptors (Lipinski definition) is 4. The summed E-state index contributed by atoms with van der Waals surface area (Å²) in [7, 11) is 0. The summed E-state index contributed by atoms with van der Waals surface area (Å²) >= 11 is 1.52. The number of carbonyl (C=O) groups is 1. The van der Waals surface area contributed by atoms with Gasteiger partial charge in [-0.05, 0) is 79.2 Å². The summed E-state index contributed by atoms with van der Waals surface area (Å²) < 4.78 is 13.2. The Hall–Kier alpha value is -4.23. The Morgan fingerprint density at radius 2 is 1.81 bits per heavy atom. The Morgan fingerprint density at radius 3 is 2.61 bits per heavy atom. The number of carbonyl (C=O) groups excluding carboxylic acids is 1. The van der Waals surface area contributed by atoms with Crippen molar-refractivity contribution in [3.8, 4) is 0 Å². The standard InChI is InChI=1S/C29H23FN4OS/c1-19(20-9-11-21(30)12-10-20)32-29(35)25-7-2-3-8-28(25)36-23-14-15-24-26(33-34-27(24)18-23)16-13-22-6-4-5-17-31-22/h2-19H,1H3,(H,32,35)(H,33,34)/b16-13+. The number of rotatable bonds is 7. The Morgan fingerprint density at radius 1 is 1.00 bits per heavy atom. The van der Waals surface area contributed by atoms with Crippen LogP contribution in [0.25, 0.3) is 23.1 Å². The zero-order chi connectivity index (χ0) is 24.9. The highest BCUT2D eigenvalue weighted by molar-refractivity contribution is 7.99. The number of pyridine rings is 1. The second kappa shape index (κ2) is 10.6. The van der Waals surface area contributed by atoms with Crippen molar-refractivity contribution < 1.29 is 9.18 Å². The van der Waals surface area contributed by atoms with E-state index in [0.29, 0.717) is 5.56 Å². The number of halogens is 1. The molecule has 2 heterocycles. The van der Waals surface area contributed by atoms with Gasteiger partial charge in [-0.3, -0.25) is 14.9 Å². The molecule has 1 unspecified atom stereocenters. The molecule has 5 aromatic rings. The second-order valence-corrected chi connectivity index (χ2v) is 9.36. The quantitative estimate of drug-likeness (QED) is 0.258. The normalized spacial score (nSPS) is 12.2. The molecule has 0 saturated carbocycles. The molecule has 0 fully saturated rings. The molecule has 2 N–H and O–H groups in total. The molecule has 1 amide bonds. The fourth-order valence-electron chi connectivity index (χ4n) is 3.83. The number of H-pyrrole nitrogens is 1. The number of benzene rings is 3. The fraction of sp³-hybridized carbons (Fsp3) is 0.0690. The summed E-state index contributed by atoms with van der Waals surface area (Å²) in [5.41, 5.74) is 4.03. The smallest absolute Gasteiger partial charge is 0.252 e. The molecule has 178 valence electrons. The van der Waals surface area contributed by atoms with Gasteiger partial charge < -0.3 is 5.32 Å². The number of nitrogens with zero attached hydrogens (tertiary/aromatic N) is 2. The van der Waals surface area contributed by atoms with Gasteiger partial charge in [0.25, 0.3) is 5.91 Å². The molecule has 0 saturated heterocycles. The van der Waals surface area contributed by atoms with E-state index in [-0.39, 0.29) is 17.8 Å². The number of hydrogen-bond donors (Lipinski definition) is 2. The molecule has 36 heavy (non-hydrogen) atoms. The first kappa shape index (κ1) is 23.5. The predicted molar refractivity (Wildman–Crippen MR) is 142 cm³/mol. The van der Waals surface area contributed by atoms with E-state index in [2.05, 4.69) is 20.5 Å². The lowest BCUT2D eigenvalue weighted by molar-refractivity contribution is 0.0937. The number of nitrogens with one attached hydrogen (secondary N) is 2. The minimum atomic E-state index is -0.301. The topological polar surface area (TPSA) is 70.7 Å². The molecular formula is C29H23FN4OS. The maximum Gasteiger partial charge on any atom is 0.252 e. The molecule has 2 aromatic heterocycles.